The van der Waals surface area contributed by atoms with Crippen molar-refractivity contribution in [3.05, 3.63) is 29.8 Å². The van der Waals surface area contributed by atoms with Gasteiger partial charge in [-0.25, -0.2) is 0 Å². The molecule has 2 fully saturated rings. The molecule has 1 amide bonds. The van der Waals surface area contributed by atoms with Gasteiger partial charge in [-0.3, -0.25) is 4.79 Å². The Kier molecular flexibility index (Phi) is 3.38. The topological polar surface area (TPSA) is 41.6 Å². The first kappa shape index (κ1) is 13.4. The van der Waals surface area contributed by atoms with E-state index >= 15 is 0 Å². The Bertz CT molecular complexity index is 543. The molecular weight excluding hydrogens is 272 g/mol. The normalized spacial score (nSPS) is 25.4. The molecule has 1 atom stereocenters. The highest BCUT2D eigenvalue weighted by Gasteiger charge is 2.50. The lowest BCUT2D eigenvalue weighted by molar-refractivity contribution is -0.125. The van der Waals surface area contributed by atoms with E-state index in [4.69, 9.17) is 17.0 Å². The lowest BCUT2D eigenvalue weighted by atomic mass is 9.72. The number of hydrogen-bond acceptors (Lipinski definition) is 3. The molecule has 106 valence electrons. The minimum absolute atomic E-state index is 0.0515. The van der Waals surface area contributed by atoms with Crippen molar-refractivity contribution in [3.8, 4) is 5.75 Å². The monoisotopic (exact) mass is 290 g/mol. The number of nitrogens with one attached hydrogen (secondary N) is 1. The molecule has 2 aliphatic rings. The molecule has 0 bridgehead atoms. The minimum Gasteiger partial charge on any atom is -0.497 e. The number of benzene rings is 1. The van der Waals surface area contributed by atoms with Crippen LogP contribution in [0.25, 0.3) is 0 Å². The number of hydrogen-bond donors (Lipinski definition) is 1. The number of piperidine rings is 1. The van der Waals surface area contributed by atoms with Gasteiger partial charge in [-0.05, 0) is 24.1 Å². The standard InChI is InChI=1S/C15H18N2O2S/c1-19-12-4-2-11(3-5-12)9-17-10-15(14(17)20)6-7-16-13(18)8-15/h2-5H,6-10H2,1H3,(H,16,18). The summed E-state index contributed by atoms with van der Waals surface area (Å²) in [6.45, 7) is 2.45. The van der Waals surface area contributed by atoms with E-state index in [0.717, 1.165) is 36.8 Å². The van der Waals surface area contributed by atoms with Gasteiger partial charge in [-0.2, -0.15) is 0 Å². The fourth-order valence-corrected chi connectivity index (χ4v) is 3.41. The molecule has 0 saturated carbocycles. The number of ether oxygens (including phenoxy) is 1. The summed E-state index contributed by atoms with van der Waals surface area (Å²) in [6, 6.07) is 8.03. The highest BCUT2D eigenvalue weighted by atomic mass is 32.1. The SMILES string of the molecule is COc1ccc(CN2CC3(CCNC(=O)C3)C2=S)cc1. The second-order valence-electron chi connectivity index (χ2n) is 5.57. The first-order valence-electron chi connectivity index (χ1n) is 6.82. The average molecular weight is 290 g/mol. The van der Waals surface area contributed by atoms with Gasteiger partial charge in [0.1, 0.15) is 5.75 Å². The third-order valence-corrected chi connectivity index (χ3v) is 4.88. The Balaban J connectivity index is 1.63. The summed E-state index contributed by atoms with van der Waals surface area (Å²) in [5.74, 6) is 0.989. The van der Waals surface area contributed by atoms with Crippen LogP contribution < -0.4 is 10.1 Å². The maximum atomic E-state index is 11.5. The quantitative estimate of drug-likeness (QED) is 0.861. The number of thiocarbonyl (C=S) groups is 1. The van der Waals surface area contributed by atoms with Crippen LogP contribution in [0.3, 0.4) is 0 Å². The highest BCUT2D eigenvalue weighted by molar-refractivity contribution is 7.80. The summed E-state index contributed by atoms with van der Waals surface area (Å²) in [7, 11) is 1.66. The maximum absolute atomic E-state index is 11.5. The number of carbonyl (C=O) groups is 1. The number of carbonyl (C=O) groups excluding carboxylic acids is 1. The van der Waals surface area contributed by atoms with Crippen molar-refractivity contribution in [1.82, 2.24) is 10.2 Å². The van der Waals surface area contributed by atoms with Crippen molar-refractivity contribution in [2.24, 2.45) is 5.41 Å². The lowest BCUT2D eigenvalue weighted by Crippen LogP contribution is -2.63. The van der Waals surface area contributed by atoms with Crippen molar-refractivity contribution in [1.29, 1.82) is 0 Å². The maximum Gasteiger partial charge on any atom is 0.221 e. The predicted molar refractivity (Wildman–Crippen MR) is 80.7 cm³/mol. The Morgan fingerprint density at radius 2 is 2.15 bits per heavy atom. The molecule has 20 heavy (non-hydrogen) atoms. The molecule has 0 radical (unpaired) electrons. The Morgan fingerprint density at radius 1 is 1.40 bits per heavy atom. The van der Waals surface area contributed by atoms with Crippen LogP contribution in [-0.4, -0.2) is 36.0 Å². The number of rotatable bonds is 3. The van der Waals surface area contributed by atoms with Gasteiger partial charge >= 0.3 is 0 Å². The molecule has 1 aromatic rings. The average Bonchev–Trinajstić information content (AvgIpc) is 2.47. The Labute approximate surface area is 124 Å². The van der Waals surface area contributed by atoms with E-state index in [1.165, 1.54) is 5.56 Å². The highest BCUT2D eigenvalue weighted by Crippen LogP contribution is 2.42. The van der Waals surface area contributed by atoms with Crippen LogP contribution in [0.1, 0.15) is 18.4 Å². The molecular formula is C15H18N2O2S. The third kappa shape index (κ3) is 2.26. The smallest absolute Gasteiger partial charge is 0.221 e. The van der Waals surface area contributed by atoms with Gasteiger partial charge < -0.3 is 15.0 Å². The summed E-state index contributed by atoms with van der Waals surface area (Å²) in [5, 5.41) is 2.87. The van der Waals surface area contributed by atoms with Crippen molar-refractivity contribution in [2.45, 2.75) is 19.4 Å². The number of methoxy groups -OCH3 is 1. The van der Waals surface area contributed by atoms with Gasteiger partial charge in [0.05, 0.1) is 12.1 Å². The number of likely N-dealkylation sites (tertiary alicyclic amines) is 1. The Morgan fingerprint density at radius 3 is 2.75 bits per heavy atom. The van der Waals surface area contributed by atoms with E-state index in [9.17, 15) is 4.79 Å². The molecule has 5 heteroatoms. The number of amides is 1. The first-order chi connectivity index (χ1) is 9.63. The molecule has 2 saturated heterocycles. The fraction of sp³-hybridized carbons (Fsp3) is 0.467. The van der Waals surface area contributed by atoms with Gasteiger partial charge in [-0.15, -0.1) is 0 Å². The molecule has 2 heterocycles. The van der Waals surface area contributed by atoms with Gasteiger partial charge in [0, 0.05) is 31.5 Å². The van der Waals surface area contributed by atoms with E-state index in [-0.39, 0.29) is 11.3 Å². The van der Waals surface area contributed by atoms with Crippen LogP contribution in [0.15, 0.2) is 24.3 Å². The number of nitrogens with zero attached hydrogens (tertiary/aromatic N) is 1. The van der Waals surface area contributed by atoms with Crippen LogP contribution in [0.5, 0.6) is 5.75 Å². The largest absolute Gasteiger partial charge is 0.497 e. The fourth-order valence-electron chi connectivity index (χ4n) is 3.04. The molecule has 3 rings (SSSR count). The van der Waals surface area contributed by atoms with Gasteiger partial charge in [0.2, 0.25) is 5.91 Å². The molecule has 1 spiro atoms. The van der Waals surface area contributed by atoms with Crippen LogP contribution in [0, 0.1) is 5.41 Å². The van der Waals surface area contributed by atoms with Crippen LogP contribution in [0.2, 0.25) is 0 Å². The second-order valence-corrected chi connectivity index (χ2v) is 5.95. The molecule has 1 N–H and O–H groups in total. The summed E-state index contributed by atoms with van der Waals surface area (Å²) >= 11 is 5.56. The van der Waals surface area contributed by atoms with E-state index in [0.29, 0.717) is 6.42 Å². The predicted octanol–water partition coefficient (Wildman–Crippen LogP) is 1.73. The zero-order chi connectivity index (χ0) is 14.2. The van der Waals surface area contributed by atoms with Crippen molar-refractivity contribution in [2.75, 3.05) is 20.2 Å². The van der Waals surface area contributed by atoms with Gasteiger partial charge in [0.15, 0.2) is 0 Å². The Hall–Kier alpha value is -1.62. The van der Waals surface area contributed by atoms with E-state index < -0.39 is 0 Å². The van der Waals surface area contributed by atoms with Crippen LogP contribution in [-0.2, 0) is 11.3 Å². The minimum atomic E-state index is -0.0515. The molecule has 4 nitrogen and oxygen atoms in total. The van der Waals surface area contributed by atoms with Crippen molar-refractivity contribution in [3.63, 3.8) is 0 Å². The molecule has 1 aromatic carbocycles. The summed E-state index contributed by atoms with van der Waals surface area (Å²) in [6.07, 6.45) is 1.52. The first-order valence-corrected chi connectivity index (χ1v) is 7.23. The van der Waals surface area contributed by atoms with Crippen LogP contribution in [0.4, 0.5) is 0 Å². The van der Waals surface area contributed by atoms with E-state index in [2.05, 4.69) is 22.3 Å². The summed E-state index contributed by atoms with van der Waals surface area (Å²) in [5.41, 5.74) is 1.16. The zero-order valence-corrected chi connectivity index (χ0v) is 12.3. The van der Waals surface area contributed by atoms with E-state index in [1.54, 1.807) is 7.11 Å². The van der Waals surface area contributed by atoms with E-state index in [1.807, 2.05) is 12.1 Å². The third-order valence-electron chi connectivity index (χ3n) is 4.19. The van der Waals surface area contributed by atoms with Gasteiger partial charge in [0.25, 0.3) is 0 Å². The lowest BCUT2D eigenvalue weighted by Gasteiger charge is -2.53. The molecule has 2 aliphatic heterocycles. The molecule has 0 aliphatic carbocycles. The van der Waals surface area contributed by atoms with Crippen molar-refractivity contribution >= 4 is 23.1 Å². The zero-order valence-electron chi connectivity index (χ0n) is 11.5. The summed E-state index contributed by atoms with van der Waals surface area (Å²) in [4.78, 5) is 14.7. The molecule has 0 aromatic heterocycles. The van der Waals surface area contributed by atoms with Crippen molar-refractivity contribution < 1.29 is 9.53 Å². The van der Waals surface area contributed by atoms with Gasteiger partial charge in [-0.1, -0.05) is 24.4 Å². The molecule has 1 unspecified atom stereocenters. The second kappa shape index (κ2) is 5.05. The summed E-state index contributed by atoms with van der Waals surface area (Å²) < 4.78 is 5.15. The van der Waals surface area contributed by atoms with Crippen LogP contribution >= 0.6 is 12.2 Å².